The molecule has 0 radical (unpaired) electrons. The maximum Gasteiger partial charge on any atom is 0.151 e. The van der Waals surface area contributed by atoms with Crippen molar-refractivity contribution in [2.24, 2.45) is 0 Å². The highest BCUT2D eigenvalue weighted by atomic mass is 32.2. The summed E-state index contributed by atoms with van der Waals surface area (Å²) in [5.41, 5.74) is 2.30. The van der Waals surface area contributed by atoms with E-state index >= 15 is 0 Å². The number of fused-ring (bicyclic) bond motifs is 1. The minimum atomic E-state index is 0.348. The van der Waals surface area contributed by atoms with Crippen molar-refractivity contribution >= 4 is 33.3 Å². The zero-order valence-corrected chi connectivity index (χ0v) is 13.4. The predicted molar refractivity (Wildman–Crippen MR) is 86.6 cm³/mol. The van der Waals surface area contributed by atoms with E-state index in [0.717, 1.165) is 9.86 Å². The average Bonchev–Trinajstić information content (AvgIpc) is 3.03. The third kappa shape index (κ3) is 2.74. The molecule has 3 nitrogen and oxygen atoms in total. The maximum absolute atomic E-state index is 4.69. The number of aryl methyl sites for hydroxylation is 1. The molecular formula is C15H17N3S2. The molecule has 0 saturated heterocycles. The summed E-state index contributed by atoms with van der Waals surface area (Å²) in [5, 5.41) is 4.83. The third-order valence-corrected chi connectivity index (χ3v) is 5.82. The van der Waals surface area contributed by atoms with E-state index in [2.05, 4.69) is 55.2 Å². The second kappa shape index (κ2) is 5.58. The van der Waals surface area contributed by atoms with Crippen LogP contribution in [0.3, 0.4) is 0 Å². The first-order valence-corrected chi connectivity index (χ1v) is 8.36. The van der Waals surface area contributed by atoms with Crippen molar-refractivity contribution in [1.29, 1.82) is 0 Å². The summed E-state index contributed by atoms with van der Waals surface area (Å²) in [6.45, 7) is 6.51. The van der Waals surface area contributed by atoms with Crippen molar-refractivity contribution in [1.82, 2.24) is 14.8 Å². The molecule has 2 heterocycles. The quantitative estimate of drug-likeness (QED) is 0.663. The fraction of sp³-hybridized carbons (Fsp3) is 0.333. The zero-order chi connectivity index (χ0) is 14.1. The topological polar surface area (TPSA) is 30.7 Å². The predicted octanol–water partition coefficient (Wildman–Crippen LogP) is 4.54. The van der Waals surface area contributed by atoms with E-state index in [0.29, 0.717) is 11.3 Å². The number of para-hydroxylation sites is 1. The summed E-state index contributed by atoms with van der Waals surface area (Å²) in [6, 6.07) is 8.64. The number of benzene rings is 1. The van der Waals surface area contributed by atoms with Crippen molar-refractivity contribution in [3.8, 4) is 0 Å². The molecule has 0 amide bonds. The fourth-order valence-corrected chi connectivity index (χ4v) is 4.43. The van der Waals surface area contributed by atoms with Gasteiger partial charge in [0.15, 0.2) is 4.34 Å². The molecule has 0 spiro atoms. The Bertz CT molecular complexity index is 684. The lowest BCUT2D eigenvalue weighted by Gasteiger charge is -2.18. The van der Waals surface area contributed by atoms with Gasteiger partial charge in [-0.15, -0.1) is 11.3 Å². The summed E-state index contributed by atoms with van der Waals surface area (Å²) < 4.78 is 4.43. The Kier molecular flexibility index (Phi) is 3.81. The van der Waals surface area contributed by atoms with Crippen molar-refractivity contribution in [2.45, 2.75) is 36.4 Å². The van der Waals surface area contributed by atoms with Crippen molar-refractivity contribution in [3.05, 3.63) is 42.2 Å². The number of rotatable bonds is 4. The molecule has 5 heteroatoms. The van der Waals surface area contributed by atoms with Gasteiger partial charge in [0.25, 0.3) is 0 Å². The number of aromatic nitrogens is 3. The van der Waals surface area contributed by atoms with Crippen LogP contribution in [0.1, 0.15) is 25.5 Å². The van der Waals surface area contributed by atoms with Crippen LogP contribution in [-0.2, 0) is 0 Å². The molecule has 104 valence electrons. The molecule has 3 aromatic rings. The molecule has 0 saturated carbocycles. The number of hydrogen-bond donors (Lipinski definition) is 0. The number of hydrogen-bond acceptors (Lipinski definition) is 4. The molecule has 2 aromatic heterocycles. The molecule has 0 bridgehead atoms. The maximum atomic E-state index is 4.69. The van der Waals surface area contributed by atoms with Gasteiger partial charge in [0.2, 0.25) is 0 Å². The number of nitrogens with zero attached hydrogens (tertiary/aromatic N) is 3. The van der Waals surface area contributed by atoms with Gasteiger partial charge in [0.1, 0.15) is 0 Å². The summed E-state index contributed by atoms with van der Waals surface area (Å²) in [6.07, 6.45) is 4.01. The van der Waals surface area contributed by atoms with Crippen LogP contribution in [0.15, 0.2) is 41.0 Å². The lowest BCUT2D eigenvalue weighted by atomic mass is 10.2. The molecule has 3 rings (SSSR count). The number of thiazole rings is 1. The SMILES string of the molecule is Cc1cnn(C(C)C(C)Sc2nc3ccccc3s2)c1. The lowest BCUT2D eigenvalue weighted by molar-refractivity contribution is 0.487. The van der Waals surface area contributed by atoms with Crippen LogP contribution < -0.4 is 0 Å². The van der Waals surface area contributed by atoms with Crippen LogP contribution in [-0.4, -0.2) is 20.0 Å². The standard InChI is InChI=1S/C15H17N3S2/c1-10-8-16-18(9-10)11(2)12(3)19-15-17-13-6-4-5-7-14(13)20-15/h4-9,11-12H,1-3H3. The van der Waals surface area contributed by atoms with E-state index in [9.17, 15) is 0 Å². The highest BCUT2D eigenvalue weighted by molar-refractivity contribution is 8.01. The van der Waals surface area contributed by atoms with E-state index in [-0.39, 0.29) is 0 Å². The Morgan fingerprint density at radius 1 is 1.25 bits per heavy atom. The first-order chi connectivity index (χ1) is 9.63. The van der Waals surface area contributed by atoms with Crippen molar-refractivity contribution in [3.63, 3.8) is 0 Å². The molecule has 0 aliphatic carbocycles. The highest BCUT2D eigenvalue weighted by Gasteiger charge is 2.18. The van der Waals surface area contributed by atoms with Gasteiger partial charge < -0.3 is 0 Å². The lowest BCUT2D eigenvalue weighted by Crippen LogP contribution is -2.16. The Labute approximate surface area is 127 Å². The van der Waals surface area contributed by atoms with E-state index in [1.54, 1.807) is 11.3 Å². The minimum Gasteiger partial charge on any atom is -0.269 e. The van der Waals surface area contributed by atoms with Crippen LogP contribution in [0.2, 0.25) is 0 Å². The molecule has 0 aliphatic rings. The van der Waals surface area contributed by atoms with Gasteiger partial charge >= 0.3 is 0 Å². The van der Waals surface area contributed by atoms with Gasteiger partial charge in [0.05, 0.1) is 22.5 Å². The molecule has 0 fully saturated rings. The Morgan fingerprint density at radius 2 is 2.05 bits per heavy atom. The normalized spacial score (nSPS) is 14.6. The van der Waals surface area contributed by atoms with E-state index in [1.165, 1.54) is 10.3 Å². The second-order valence-corrected chi connectivity index (χ2v) is 7.66. The zero-order valence-electron chi connectivity index (χ0n) is 11.8. The molecule has 20 heavy (non-hydrogen) atoms. The monoisotopic (exact) mass is 303 g/mol. The number of thioether (sulfide) groups is 1. The smallest absolute Gasteiger partial charge is 0.151 e. The van der Waals surface area contributed by atoms with Crippen LogP contribution in [0.4, 0.5) is 0 Å². The molecule has 2 unspecified atom stereocenters. The van der Waals surface area contributed by atoms with Crippen molar-refractivity contribution in [2.75, 3.05) is 0 Å². The molecule has 2 atom stereocenters. The van der Waals surface area contributed by atoms with E-state index < -0.39 is 0 Å². The van der Waals surface area contributed by atoms with Gasteiger partial charge in [-0.3, -0.25) is 4.68 Å². The van der Waals surface area contributed by atoms with Crippen LogP contribution in [0, 0.1) is 6.92 Å². The van der Waals surface area contributed by atoms with Crippen molar-refractivity contribution < 1.29 is 0 Å². The largest absolute Gasteiger partial charge is 0.269 e. The van der Waals surface area contributed by atoms with Crippen LogP contribution >= 0.6 is 23.1 Å². The molecule has 0 N–H and O–H groups in total. The third-order valence-electron chi connectivity index (χ3n) is 3.39. The summed E-state index contributed by atoms with van der Waals surface area (Å²) >= 11 is 3.59. The van der Waals surface area contributed by atoms with Crippen LogP contribution in [0.5, 0.6) is 0 Å². The van der Waals surface area contributed by atoms with Gasteiger partial charge in [-0.05, 0) is 31.5 Å². The molecule has 0 aliphatic heterocycles. The first-order valence-electron chi connectivity index (χ1n) is 6.66. The average molecular weight is 303 g/mol. The fourth-order valence-electron chi connectivity index (χ4n) is 2.03. The summed E-state index contributed by atoms with van der Waals surface area (Å²) in [7, 11) is 0. The minimum absolute atomic E-state index is 0.348. The van der Waals surface area contributed by atoms with E-state index in [4.69, 9.17) is 0 Å². The summed E-state index contributed by atoms with van der Waals surface area (Å²) in [5.74, 6) is 0. The van der Waals surface area contributed by atoms with Gasteiger partial charge in [0, 0.05) is 11.4 Å². The van der Waals surface area contributed by atoms with Crippen LogP contribution in [0.25, 0.3) is 10.2 Å². The summed E-state index contributed by atoms with van der Waals surface area (Å²) in [4.78, 5) is 4.69. The van der Waals surface area contributed by atoms with Gasteiger partial charge in [-0.25, -0.2) is 4.98 Å². The Balaban J connectivity index is 1.76. The van der Waals surface area contributed by atoms with E-state index in [1.807, 2.05) is 28.7 Å². The van der Waals surface area contributed by atoms with Gasteiger partial charge in [-0.2, -0.15) is 5.10 Å². The molecule has 1 aromatic carbocycles. The second-order valence-electron chi connectivity index (χ2n) is 5.01. The van der Waals surface area contributed by atoms with Gasteiger partial charge in [-0.1, -0.05) is 30.8 Å². The highest BCUT2D eigenvalue weighted by Crippen LogP contribution is 2.35. The Hall–Kier alpha value is -1.33. The first kappa shape index (κ1) is 13.6. The molecular weight excluding hydrogens is 286 g/mol. The Morgan fingerprint density at radius 3 is 2.75 bits per heavy atom.